The van der Waals surface area contributed by atoms with E-state index in [1.54, 1.807) is 16.9 Å². The average Bonchev–Trinajstić information content (AvgIpc) is 3.16. The van der Waals surface area contributed by atoms with E-state index in [-0.39, 0.29) is 11.9 Å². The van der Waals surface area contributed by atoms with Gasteiger partial charge in [-0.3, -0.25) is 0 Å². The molecule has 0 spiro atoms. The van der Waals surface area contributed by atoms with Crippen molar-refractivity contribution in [3.63, 3.8) is 0 Å². The quantitative estimate of drug-likeness (QED) is 0.783. The average molecular weight is 318 g/mol. The van der Waals surface area contributed by atoms with E-state index in [0.29, 0.717) is 23.6 Å². The van der Waals surface area contributed by atoms with Crippen LogP contribution in [-0.4, -0.2) is 24.6 Å². The molecule has 2 aromatic heterocycles. The van der Waals surface area contributed by atoms with Crippen molar-refractivity contribution in [1.82, 2.24) is 24.6 Å². The molecule has 114 valence electrons. The Morgan fingerprint density at radius 2 is 2.23 bits per heavy atom. The number of hydrogen-bond acceptors (Lipinski definition) is 6. The number of aromatic nitrogens is 5. The van der Waals surface area contributed by atoms with Gasteiger partial charge in [-0.15, -0.1) is 5.10 Å². The van der Waals surface area contributed by atoms with Crippen LogP contribution >= 0.6 is 11.5 Å². The van der Waals surface area contributed by atoms with Crippen LogP contribution in [0.4, 0.5) is 10.1 Å². The standard InChI is InChI=1S/C14H15FN6S/c1-9(2)21-14(18-19-20-21)12-4-3-11(5-13(12)15)16-6-10-7-17-22-8-10/h3-5,7-9,16H,6H2,1-2H3. The monoisotopic (exact) mass is 318 g/mol. The first-order chi connectivity index (χ1) is 10.6. The molecule has 8 heteroatoms. The Bertz CT molecular complexity index is 753. The van der Waals surface area contributed by atoms with E-state index in [0.717, 1.165) is 5.56 Å². The van der Waals surface area contributed by atoms with Crippen molar-refractivity contribution in [3.05, 3.63) is 41.2 Å². The molecule has 3 rings (SSSR count). The van der Waals surface area contributed by atoms with Crippen LogP contribution in [0, 0.1) is 5.82 Å². The molecule has 2 heterocycles. The van der Waals surface area contributed by atoms with Gasteiger partial charge < -0.3 is 5.32 Å². The third-order valence-electron chi connectivity index (χ3n) is 3.17. The van der Waals surface area contributed by atoms with Gasteiger partial charge in [0, 0.05) is 29.4 Å². The first-order valence-electron chi connectivity index (χ1n) is 6.85. The Hall–Kier alpha value is -2.35. The summed E-state index contributed by atoms with van der Waals surface area (Å²) in [7, 11) is 0. The minimum Gasteiger partial charge on any atom is -0.381 e. The van der Waals surface area contributed by atoms with Gasteiger partial charge >= 0.3 is 0 Å². The predicted molar refractivity (Wildman–Crippen MR) is 83.0 cm³/mol. The minimum atomic E-state index is -0.356. The smallest absolute Gasteiger partial charge is 0.185 e. The van der Waals surface area contributed by atoms with E-state index in [1.807, 2.05) is 25.3 Å². The number of hydrogen-bond donors (Lipinski definition) is 1. The Balaban J connectivity index is 1.81. The molecule has 0 amide bonds. The maximum absolute atomic E-state index is 14.4. The lowest BCUT2D eigenvalue weighted by atomic mass is 10.1. The number of benzene rings is 1. The Kier molecular flexibility index (Phi) is 4.10. The first-order valence-corrected chi connectivity index (χ1v) is 7.68. The van der Waals surface area contributed by atoms with Crippen LogP contribution in [0.15, 0.2) is 29.8 Å². The van der Waals surface area contributed by atoms with Crippen LogP contribution in [0.2, 0.25) is 0 Å². The molecule has 0 fully saturated rings. The number of tetrazole rings is 1. The Morgan fingerprint density at radius 1 is 1.36 bits per heavy atom. The highest BCUT2D eigenvalue weighted by Crippen LogP contribution is 2.25. The van der Waals surface area contributed by atoms with Crippen molar-refractivity contribution < 1.29 is 4.39 Å². The number of nitrogens with zero attached hydrogens (tertiary/aromatic N) is 5. The maximum Gasteiger partial charge on any atom is 0.185 e. The fourth-order valence-electron chi connectivity index (χ4n) is 2.04. The molecule has 0 aliphatic heterocycles. The zero-order valence-corrected chi connectivity index (χ0v) is 13.0. The van der Waals surface area contributed by atoms with Crippen LogP contribution in [0.25, 0.3) is 11.4 Å². The summed E-state index contributed by atoms with van der Waals surface area (Å²) in [6.45, 7) is 4.50. The van der Waals surface area contributed by atoms with Crippen LogP contribution in [0.5, 0.6) is 0 Å². The molecule has 0 bridgehead atoms. The third-order valence-corrected chi connectivity index (χ3v) is 3.81. The van der Waals surface area contributed by atoms with Crippen molar-refractivity contribution in [3.8, 4) is 11.4 Å². The van der Waals surface area contributed by atoms with Gasteiger partial charge in [-0.1, -0.05) is 0 Å². The molecule has 0 aliphatic rings. The highest BCUT2D eigenvalue weighted by Gasteiger charge is 2.15. The van der Waals surface area contributed by atoms with Gasteiger partial charge in [0.1, 0.15) is 5.82 Å². The van der Waals surface area contributed by atoms with Gasteiger partial charge in [0.25, 0.3) is 0 Å². The number of anilines is 1. The van der Waals surface area contributed by atoms with Crippen LogP contribution in [0.3, 0.4) is 0 Å². The summed E-state index contributed by atoms with van der Waals surface area (Å²) in [6, 6.07) is 5.02. The summed E-state index contributed by atoms with van der Waals surface area (Å²) >= 11 is 1.39. The SMILES string of the molecule is CC(C)n1nnnc1-c1ccc(NCc2cnsc2)cc1F. The largest absolute Gasteiger partial charge is 0.381 e. The molecule has 1 N–H and O–H groups in total. The summed E-state index contributed by atoms with van der Waals surface area (Å²) in [6.07, 6.45) is 1.79. The lowest BCUT2D eigenvalue weighted by molar-refractivity contribution is 0.517. The second-order valence-corrected chi connectivity index (χ2v) is 5.78. The van der Waals surface area contributed by atoms with Crippen molar-refractivity contribution in [2.75, 3.05) is 5.32 Å². The minimum absolute atomic E-state index is 0.0632. The molecule has 6 nitrogen and oxygen atoms in total. The van der Waals surface area contributed by atoms with Gasteiger partial charge in [0.2, 0.25) is 0 Å². The fourth-order valence-corrected chi connectivity index (χ4v) is 2.58. The normalized spacial score (nSPS) is 11.1. The summed E-state index contributed by atoms with van der Waals surface area (Å²) in [4.78, 5) is 0. The Morgan fingerprint density at radius 3 is 2.91 bits per heavy atom. The highest BCUT2D eigenvalue weighted by molar-refractivity contribution is 7.03. The van der Waals surface area contributed by atoms with Gasteiger partial charge in [-0.2, -0.15) is 0 Å². The van der Waals surface area contributed by atoms with Gasteiger partial charge in [-0.05, 0) is 54.0 Å². The third kappa shape index (κ3) is 2.96. The van der Waals surface area contributed by atoms with E-state index in [9.17, 15) is 4.39 Å². The van der Waals surface area contributed by atoms with Crippen LogP contribution in [-0.2, 0) is 6.54 Å². The van der Waals surface area contributed by atoms with E-state index in [1.165, 1.54) is 17.6 Å². The van der Waals surface area contributed by atoms with E-state index in [4.69, 9.17) is 0 Å². The van der Waals surface area contributed by atoms with Crippen LogP contribution in [0.1, 0.15) is 25.5 Å². The molecular weight excluding hydrogens is 303 g/mol. The topological polar surface area (TPSA) is 68.5 Å². The highest BCUT2D eigenvalue weighted by atomic mass is 32.1. The summed E-state index contributed by atoms with van der Waals surface area (Å²) < 4.78 is 20.0. The lowest BCUT2D eigenvalue weighted by Crippen LogP contribution is -2.06. The van der Waals surface area contributed by atoms with Gasteiger partial charge in [0.05, 0.1) is 11.6 Å². The molecule has 3 aromatic rings. The van der Waals surface area contributed by atoms with Crippen LogP contribution < -0.4 is 5.32 Å². The Labute approximate surface area is 131 Å². The molecule has 1 aromatic carbocycles. The molecule has 0 aliphatic carbocycles. The number of nitrogens with one attached hydrogen (secondary N) is 1. The second kappa shape index (κ2) is 6.18. The molecule has 0 saturated carbocycles. The summed E-state index contributed by atoms with van der Waals surface area (Å²) in [5.74, 6) is 0.0752. The number of rotatable bonds is 5. The fraction of sp³-hybridized carbons (Fsp3) is 0.286. The summed E-state index contributed by atoms with van der Waals surface area (Å²) in [5, 5.41) is 16.6. The second-order valence-electron chi connectivity index (χ2n) is 5.12. The van der Waals surface area contributed by atoms with E-state index < -0.39 is 0 Å². The molecule has 0 radical (unpaired) electrons. The summed E-state index contributed by atoms with van der Waals surface area (Å²) in [5.41, 5.74) is 2.16. The van der Waals surface area contributed by atoms with Crippen molar-refractivity contribution >= 4 is 17.2 Å². The molecule has 0 unspecified atom stereocenters. The molecule has 22 heavy (non-hydrogen) atoms. The predicted octanol–water partition coefficient (Wildman–Crippen LogP) is 3.13. The van der Waals surface area contributed by atoms with Gasteiger partial charge in [-0.25, -0.2) is 13.4 Å². The lowest BCUT2D eigenvalue weighted by Gasteiger charge is -2.10. The zero-order chi connectivity index (χ0) is 15.5. The number of halogens is 1. The molecule has 0 saturated heterocycles. The van der Waals surface area contributed by atoms with E-state index >= 15 is 0 Å². The van der Waals surface area contributed by atoms with Crippen molar-refractivity contribution in [2.24, 2.45) is 0 Å². The zero-order valence-electron chi connectivity index (χ0n) is 12.2. The van der Waals surface area contributed by atoms with Crippen molar-refractivity contribution in [2.45, 2.75) is 26.4 Å². The van der Waals surface area contributed by atoms with E-state index in [2.05, 4.69) is 25.2 Å². The van der Waals surface area contributed by atoms with Gasteiger partial charge in [0.15, 0.2) is 5.82 Å². The van der Waals surface area contributed by atoms with Crippen molar-refractivity contribution in [1.29, 1.82) is 0 Å². The molecule has 0 atom stereocenters. The first kappa shape index (κ1) is 14.6. The molecular formula is C14H15FN6S. The maximum atomic E-state index is 14.4.